The molecule has 1 amide bonds. The van der Waals surface area contributed by atoms with Gasteiger partial charge >= 0.3 is 0 Å². The van der Waals surface area contributed by atoms with E-state index < -0.39 is 11.9 Å². The van der Waals surface area contributed by atoms with Gasteiger partial charge in [0.05, 0.1) is 12.9 Å². The largest absolute Gasteiger partial charge is 0.493 e. The molecule has 1 aromatic heterocycles. The lowest BCUT2D eigenvalue weighted by atomic mass is 10.2. The zero-order valence-corrected chi connectivity index (χ0v) is 19.0. The highest BCUT2D eigenvalue weighted by atomic mass is 32.2. The van der Waals surface area contributed by atoms with Gasteiger partial charge in [-0.1, -0.05) is 36.0 Å². The number of methoxy groups -OCH3 is 1. The Morgan fingerprint density at radius 2 is 2.03 bits per heavy atom. The van der Waals surface area contributed by atoms with Gasteiger partial charge in [-0.25, -0.2) is 4.39 Å². The van der Waals surface area contributed by atoms with Crippen LogP contribution >= 0.6 is 11.8 Å². The summed E-state index contributed by atoms with van der Waals surface area (Å²) in [5.74, 6) is 1.23. The quantitative estimate of drug-likeness (QED) is 0.349. The summed E-state index contributed by atoms with van der Waals surface area (Å²) in [6.07, 6.45) is 1.31. The summed E-state index contributed by atoms with van der Waals surface area (Å²) in [4.78, 5) is 12.4. The van der Waals surface area contributed by atoms with Crippen molar-refractivity contribution in [2.24, 2.45) is 0 Å². The number of nitrogens with zero attached hydrogens (tertiary/aromatic N) is 3. The molecule has 1 atom stereocenters. The Bertz CT molecular complexity index is 1100. The highest BCUT2D eigenvalue weighted by Crippen LogP contribution is 2.31. The molecular formula is C23H25FN4O3S. The molecule has 0 spiro atoms. The van der Waals surface area contributed by atoms with E-state index in [-0.39, 0.29) is 11.7 Å². The average molecular weight is 457 g/mol. The van der Waals surface area contributed by atoms with E-state index in [4.69, 9.17) is 9.47 Å². The van der Waals surface area contributed by atoms with Crippen molar-refractivity contribution in [3.63, 3.8) is 0 Å². The molecule has 3 rings (SSSR count). The molecule has 0 radical (unpaired) electrons. The Morgan fingerprint density at radius 1 is 1.28 bits per heavy atom. The molecule has 3 aromatic rings. The molecule has 1 unspecified atom stereocenters. The van der Waals surface area contributed by atoms with Crippen LogP contribution in [-0.2, 0) is 11.3 Å². The van der Waals surface area contributed by atoms with Crippen molar-refractivity contribution in [3.05, 3.63) is 72.3 Å². The Hall–Kier alpha value is -3.33. The number of benzene rings is 2. The topological polar surface area (TPSA) is 78.3 Å². The predicted molar refractivity (Wildman–Crippen MR) is 123 cm³/mol. The zero-order chi connectivity index (χ0) is 23.1. The maximum absolute atomic E-state index is 13.5. The van der Waals surface area contributed by atoms with Crippen molar-refractivity contribution in [3.8, 4) is 11.5 Å². The molecule has 32 heavy (non-hydrogen) atoms. The number of carbonyl (C=O) groups excluding carboxylic acids is 1. The fourth-order valence-corrected chi connectivity index (χ4v) is 3.77. The van der Waals surface area contributed by atoms with Crippen molar-refractivity contribution in [2.45, 2.75) is 31.7 Å². The summed E-state index contributed by atoms with van der Waals surface area (Å²) >= 11 is 1.23. The smallest absolute Gasteiger partial charge is 0.234 e. The van der Waals surface area contributed by atoms with Crippen molar-refractivity contribution in [1.82, 2.24) is 14.8 Å². The summed E-state index contributed by atoms with van der Waals surface area (Å²) in [5, 5.41) is 11.8. The molecule has 1 N–H and O–H groups in total. The minimum Gasteiger partial charge on any atom is -0.493 e. The number of halogens is 1. The van der Waals surface area contributed by atoms with E-state index in [2.05, 4.69) is 22.1 Å². The van der Waals surface area contributed by atoms with E-state index in [9.17, 15) is 9.18 Å². The van der Waals surface area contributed by atoms with Crippen molar-refractivity contribution < 1.29 is 18.7 Å². The summed E-state index contributed by atoms with van der Waals surface area (Å²) in [5.41, 5.74) is 1.23. The van der Waals surface area contributed by atoms with E-state index in [0.717, 1.165) is 5.56 Å². The average Bonchev–Trinajstić information content (AvgIpc) is 3.18. The van der Waals surface area contributed by atoms with Gasteiger partial charge in [0.2, 0.25) is 5.91 Å². The van der Waals surface area contributed by atoms with Gasteiger partial charge in [0.1, 0.15) is 5.82 Å². The van der Waals surface area contributed by atoms with Gasteiger partial charge in [-0.15, -0.1) is 16.8 Å². The SMILES string of the molecule is C=CCn1c(SCC(=O)Nc2cc(F)ccc2C)nnc1C(C)Oc1ccccc1OC. The molecule has 168 valence electrons. The van der Waals surface area contributed by atoms with E-state index in [1.54, 1.807) is 26.2 Å². The van der Waals surface area contributed by atoms with Gasteiger partial charge in [-0.05, 0) is 43.7 Å². The maximum atomic E-state index is 13.5. The number of hydrogen-bond donors (Lipinski definition) is 1. The van der Waals surface area contributed by atoms with Crippen LogP contribution in [0.5, 0.6) is 11.5 Å². The van der Waals surface area contributed by atoms with Crippen LogP contribution in [0.2, 0.25) is 0 Å². The van der Waals surface area contributed by atoms with E-state index >= 15 is 0 Å². The zero-order valence-electron chi connectivity index (χ0n) is 18.2. The van der Waals surface area contributed by atoms with Gasteiger partial charge in [0.15, 0.2) is 28.6 Å². The fourth-order valence-electron chi connectivity index (χ4n) is 3.01. The Balaban J connectivity index is 1.70. The number of aryl methyl sites for hydroxylation is 1. The molecule has 2 aromatic carbocycles. The number of carbonyl (C=O) groups is 1. The van der Waals surface area contributed by atoms with E-state index in [1.165, 1.54) is 23.9 Å². The minimum atomic E-state index is -0.420. The number of aromatic nitrogens is 3. The number of ether oxygens (including phenoxy) is 2. The molecule has 0 aliphatic rings. The molecular weight excluding hydrogens is 431 g/mol. The fraction of sp³-hybridized carbons (Fsp3) is 0.261. The number of para-hydroxylation sites is 2. The summed E-state index contributed by atoms with van der Waals surface area (Å²) in [6, 6.07) is 11.6. The third-order valence-electron chi connectivity index (χ3n) is 4.60. The van der Waals surface area contributed by atoms with E-state index in [0.29, 0.717) is 34.7 Å². The van der Waals surface area contributed by atoms with Crippen molar-refractivity contribution in [1.29, 1.82) is 0 Å². The highest BCUT2D eigenvalue weighted by Gasteiger charge is 2.21. The predicted octanol–water partition coefficient (Wildman–Crippen LogP) is 4.79. The number of amides is 1. The Labute approximate surface area is 190 Å². The van der Waals surface area contributed by atoms with Crippen LogP contribution in [0.4, 0.5) is 10.1 Å². The highest BCUT2D eigenvalue weighted by molar-refractivity contribution is 7.99. The van der Waals surface area contributed by atoms with Crippen LogP contribution < -0.4 is 14.8 Å². The third kappa shape index (κ3) is 5.67. The molecule has 0 bridgehead atoms. The number of hydrogen-bond acceptors (Lipinski definition) is 6. The standard InChI is InChI=1S/C23H25FN4O3S/c1-5-12-28-22(16(3)31-20-9-7-6-8-19(20)30-4)26-27-23(28)32-14-21(29)25-18-13-17(24)11-10-15(18)2/h5-11,13,16H,1,12,14H2,2-4H3,(H,25,29). The minimum absolute atomic E-state index is 0.0903. The van der Waals surface area contributed by atoms with Gasteiger partial charge in [0.25, 0.3) is 0 Å². The molecule has 0 saturated carbocycles. The first-order valence-electron chi connectivity index (χ1n) is 9.95. The second-order valence-electron chi connectivity index (χ2n) is 6.95. The second-order valence-corrected chi connectivity index (χ2v) is 7.89. The van der Waals surface area contributed by atoms with Gasteiger partial charge in [-0.2, -0.15) is 0 Å². The lowest BCUT2D eigenvalue weighted by Gasteiger charge is -2.17. The van der Waals surface area contributed by atoms with Crippen LogP contribution in [0.1, 0.15) is 24.4 Å². The molecule has 7 nitrogen and oxygen atoms in total. The van der Waals surface area contributed by atoms with Crippen LogP contribution in [0.25, 0.3) is 0 Å². The molecule has 0 saturated heterocycles. The van der Waals surface area contributed by atoms with Crippen LogP contribution in [0.3, 0.4) is 0 Å². The number of anilines is 1. The summed E-state index contributed by atoms with van der Waals surface area (Å²) < 4.78 is 26.7. The Morgan fingerprint density at radius 3 is 2.75 bits per heavy atom. The lowest BCUT2D eigenvalue weighted by Crippen LogP contribution is -2.16. The monoisotopic (exact) mass is 456 g/mol. The van der Waals surface area contributed by atoms with Crippen molar-refractivity contribution >= 4 is 23.4 Å². The molecule has 0 aliphatic heterocycles. The van der Waals surface area contributed by atoms with Crippen LogP contribution in [0.15, 0.2) is 60.3 Å². The first-order valence-corrected chi connectivity index (χ1v) is 10.9. The summed E-state index contributed by atoms with van der Waals surface area (Å²) in [7, 11) is 1.58. The third-order valence-corrected chi connectivity index (χ3v) is 5.57. The van der Waals surface area contributed by atoms with Gasteiger partial charge in [-0.3, -0.25) is 9.36 Å². The number of rotatable bonds is 10. The molecule has 0 aliphatic carbocycles. The Kier molecular flexibility index (Phi) is 7.88. The summed E-state index contributed by atoms with van der Waals surface area (Å²) in [6.45, 7) is 7.92. The first-order chi connectivity index (χ1) is 15.4. The van der Waals surface area contributed by atoms with Gasteiger partial charge < -0.3 is 14.8 Å². The normalized spacial score (nSPS) is 11.6. The van der Waals surface area contributed by atoms with Crippen LogP contribution in [-0.4, -0.2) is 33.5 Å². The lowest BCUT2D eigenvalue weighted by molar-refractivity contribution is -0.113. The molecule has 0 fully saturated rings. The van der Waals surface area contributed by atoms with E-state index in [1.807, 2.05) is 35.8 Å². The molecule has 1 heterocycles. The first kappa shape index (κ1) is 23.3. The molecule has 9 heteroatoms. The van der Waals surface area contributed by atoms with Crippen molar-refractivity contribution in [2.75, 3.05) is 18.2 Å². The number of allylic oxidation sites excluding steroid dienone is 1. The number of nitrogens with one attached hydrogen (secondary N) is 1. The number of thioether (sulfide) groups is 1. The van der Waals surface area contributed by atoms with Crippen LogP contribution in [0, 0.1) is 12.7 Å². The van der Waals surface area contributed by atoms with Gasteiger partial charge in [0, 0.05) is 12.2 Å². The second kappa shape index (κ2) is 10.8. The maximum Gasteiger partial charge on any atom is 0.234 e.